The topological polar surface area (TPSA) is 99.6 Å². The zero-order valence-corrected chi connectivity index (χ0v) is 22.3. The number of amides is 1. The second kappa shape index (κ2) is 10.5. The van der Waals surface area contributed by atoms with Gasteiger partial charge in [-0.05, 0) is 74.9 Å². The molecular weight excluding hydrogens is 514 g/mol. The minimum atomic E-state index is -0.143. The van der Waals surface area contributed by atoms with Gasteiger partial charge in [-0.25, -0.2) is 19.0 Å². The molecule has 1 aromatic carbocycles. The van der Waals surface area contributed by atoms with E-state index in [0.29, 0.717) is 40.4 Å². The maximum Gasteiger partial charge on any atom is 0.334 e. The summed E-state index contributed by atoms with van der Waals surface area (Å²) in [6.45, 7) is 2.42. The minimum absolute atomic E-state index is 0.0828. The Labute approximate surface area is 230 Å². The monoisotopic (exact) mass is 541 g/mol. The van der Waals surface area contributed by atoms with E-state index in [0.717, 1.165) is 36.7 Å². The molecule has 1 amide bonds. The van der Waals surface area contributed by atoms with E-state index in [2.05, 4.69) is 15.4 Å². The Bertz CT molecular complexity index is 1700. The molecule has 4 aromatic heterocycles. The van der Waals surface area contributed by atoms with E-state index in [4.69, 9.17) is 16.6 Å². The van der Waals surface area contributed by atoms with Crippen LogP contribution < -0.4 is 11.0 Å². The van der Waals surface area contributed by atoms with Gasteiger partial charge in [0.2, 0.25) is 0 Å². The Morgan fingerprint density at radius 2 is 1.79 bits per heavy atom. The second-order valence-electron chi connectivity index (χ2n) is 10.00. The number of pyridine rings is 2. The summed E-state index contributed by atoms with van der Waals surface area (Å²) in [6, 6.07) is 17.0. The third-order valence-electron chi connectivity index (χ3n) is 7.44. The molecule has 1 aliphatic carbocycles. The van der Waals surface area contributed by atoms with E-state index in [9.17, 15) is 9.59 Å². The summed E-state index contributed by atoms with van der Waals surface area (Å²) in [6.07, 6.45) is 8.60. The molecule has 9 nitrogen and oxygen atoms in total. The maximum atomic E-state index is 13.8. The standard InChI is InChI=1S/C29H28ClN7O2/c1-19-23(16-21(30)17-31-19)28(38)33-22-12-10-20(11-13-22)18-35-24-6-2-3-7-25(24)37(29(35)39)27-9-4-8-26(34-27)36-15-5-14-32-36/h2-9,14-17,20,22H,10-13,18H2,1H3,(H,33,38)/t20-,22-. The van der Waals surface area contributed by atoms with Crippen molar-refractivity contribution >= 4 is 28.5 Å². The Hall–Kier alpha value is -4.24. The fraction of sp³-hybridized carbons (Fsp3) is 0.276. The molecule has 4 heterocycles. The van der Waals surface area contributed by atoms with Gasteiger partial charge >= 0.3 is 5.69 Å². The van der Waals surface area contributed by atoms with Crippen LogP contribution in [0.15, 0.2) is 78.0 Å². The van der Waals surface area contributed by atoms with Gasteiger partial charge in [0.25, 0.3) is 5.91 Å². The first-order valence-corrected chi connectivity index (χ1v) is 13.5. The lowest BCUT2D eigenvalue weighted by Crippen LogP contribution is -2.39. The van der Waals surface area contributed by atoms with Gasteiger partial charge in [0.15, 0.2) is 5.82 Å². The van der Waals surface area contributed by atoms with E-state index in [-0.39, 0.29) is 17.6 Å². The number of carbonyl (C=O) groups excluding carboxylic acids is 1. The van der Waals surface area contributed by atoms with Crippen LogP contribution in [0.3, 0.4) is 0 Å². The highest BCUT2D eigenvalue weighted by atomic mass is 35.5. The zero-order valence-electron chi connectivity index (χ0n) is 21.5. The van der Waals surface area contributed by atoms with Crippen LogP contribution in [0.1, 0.15) is 41.7 Å². The highest BCUT2D eigenvalue weighted by molar-refractivity contribution is 6.30. The molecule has 0 bridgehead atoms. The van der Waals surface area contributed by atoms with Crippen molar-refractivity contribution in [2.24, 2.45) is 5.92 Å². The first kappa shape index (κ1) is 25.1. The maximum absolute atomic E-state index is 13.8. The SMILES string of the molecule is Cc1ncc(Cl)cc1C(=O)N[C@H]1CC[C@H](Cn2c(=O)n(-c3cccc(-n4cccn4)n3)c3ccccc32)CC1. The van der Waals surface area contributed by atoms with Crippen molar-refractivity contribution in [3.05, 3.63) is 100.0 Å². The molecule has 1 saturated carbocycles. The van der Waals surface area contributed by atoms with Crippen LogP contribution in [0, 0.1) is 12.8 Å². The first-order chi connectivity index (χ1) is 19.0. The zero-order chi connectivity index (χ0) is 26.9. The summed E-state index contributed by atoms with van der Waals surface area (Å²) in [4.78, 5) is 35.5. The number of fused-ring (bicyclic) bond motifs is 1. The largest absolute Gasteiger partial charge is 0.349 e. The molecule has 39 heavy (non-hydrogen) atoms. The van der Waals surface area contributed by atoms with E-state index in [1.807, 2.05) is 59.3 Å². The quantitative estimate of drug-likeness (QED) is 0.335. The second-order valence-corrected chi connectivity index (χ2v) is 10.4. The van der Waals surface area contributed by atoms with Crippen LogP contribution in [0.5, 0.6) is 0 Å². The highest BCUT2D eigenvalue weighted by Gasteiger charge is 2.26. The molecule has 5 aromatic rings. The van der Waals surface area contributed by atoms with Crippen molar-refractivity contribution in [1.82, 2.24) is 34.2 Å². The minimum Gasteiger partial charge on any atom is -0.349 e. The van der Waals surface area contributed by atoms with Crippen LogP contribution >= 0.6 is 11.6 Å². The van der Waals surface area contributed by atoms with Gasteiger partial charge in [-0.1, -0.05) is 29.8 Å². The molecule has 198 valence electrons. The van der Waals surface area contributed by atoms with Gasteiger partial charge in [0.05, 0.1) is 27.3 Å². The summed E-state index contributed by atoms with van der Waals surface area (Å²) >= 11 is 6.05. The van der Waals surface area contributed by atoms with E-state index in [1.165, 1.54) is 0 Å². The number of rotatable bonds is 6. The van der Waals surface area contributed by atoms with Gasteiger partial charge in [-0.2, -0.15) is 5.10 Å². The van der Waals surface area contributed by atoms with Crippen LogP contribution in [0.2, 0.25) is 5.02 Å². The lowest BCUT2D eigenvalue weighted by atomic mass is 9.85. The predicted octanol–water partition coefficient (Wildman–Crippen LogP) is 4.72. The molecule has 0 spiro atoms. The third-order valence-corrected chi connectivity index (χ3v) is 7.65. The number of benzene rings is 1. The van der Waals surface area contributed by atoms with Crippen LogP contribution in [-0.4, -0.2) is 40.8 Å². The number of carbonyl (C=O) groups is 1. The number of hydrogen-bond acceptors (Lipinski definition) is 5. The van der Waals surface area contributed by atoms with Crippen molar-refractivity contribution in [3.8, 4) is 11.6 Å². The number of imidazole rings is 1. The lowest BCUT2D eigenvalue weighted by Gasteiger charge is -2.29. The fourth-order valence-corrected chi connectivity index (χ4v) is 5.58. The molecule has 0 saturated heterocycles. The Kier molecular flexibility index (Phi) is 6.74. The summed E-state index contributed by atoms with van der Waals surface area (Å²) < 4.78 is 5.22. The first-order valence-electron chi connectivity index (χ1n) is 13.1. The summed E-state index contributed by atoms with van der Waals surface area (Å²) in [7, 11) is 0. The molecule has 0 radical (unpaired) electrons. The van der Waals surface area contributed by atoms with Crippen molar-refractivity contribution in [1.29, 1.82) is 0 Å². The van der Waals surface area contributed by atoms with Crippen molar-refractivity contribution < 1.29 is 4.79 Å². The van der Waals surface area contributed by atoms with E-state index < -0.39 is 0 Å². The summed E-state index contributed by atoms with van der Waals surface area (Å²) in [5.41, 5.74) is 2.76. The number of nitrogens with zero attached hydrogens (tertiary/aromatic N) is 6. The average Bonchev–Trinajstić information content (AvgIpc) is 3.58. The van der Waals surface area contributed by atoms with Gasteiger partial charge in [-0.15, -0.1) is 0 Å². The number of para-hydroxylation sites is 2. The molecule has 0 unspecified atom stereocenters. The average molecular weight is 542 g/mol. The van der Waals surface area contributed by atoms with E-state index >= 15 is 0 Å². The molecular formula is C29H28ClN7O2. The summed E-state index contributed by atoms with van der Waals surface area (Å²) in [5, 5.41) is 7.86. The summed E-state index contributed by atoms with van der Waals surface area (Å²) in [5.74, 6) is 1.38. The predicted molar refractivity (Wildman–Crippen MR) is 150 cm³/mol. The molecule has 0 atom stereocenters. The third kappa shape index (κ3) is 4.97. The van der Waals surface area contributed by atoms with Gasteiger partial charge < -0.3 is 5.32 Å². The lowest BCUT2D eigenvalue weighted by molar-refractivity contribution is 0.0919. The molecule has 1 aliphatic rings. The van der Waals surface area contributed by atoms with E-state index in [1.54, 1.807) is 34.6 Å². The number of aryl methyl sites for hydroxylation is 1. The van der Waals surface area contributed by atoms with Crippen LogP contribution in [-0.2, 0) is 6.54 Å². The highest BCUT2D eigenvalue weighted by Crippen LogP contribution is 2.28. The molecule has 1 fully saturated rings. The smallest absolute Gasteiger partial charge is 0.334 e. The normalized spacial score (nSPS) is 17.4. The number of hydrogen-bond donors (Lipinski definition) is 1. The van der Waals surface area contributed by atoms with Crippen molar-refractivity contribution in [3.63, 3.8) is 0 Å². The number of aromatic nitrogens is 6. The molecule has 6 rings (SSSR count). The fourth-order valence-electron chi connectivity index (χ4n) is 5.42. The van der Waals surface area contributed by atoms with Crippen molar-refractivity contribution in [2.45, 2.75) is 45.2 Å². The number of halogens is 1. The Morgan fingerprint density at radius 1 is 1.03 bits per heavy atom. The van der Waals surface area contributed by atoms with Crippen LogP contribution in [0.25, 0.3) is 22.7 Å². The Balaban J connectivity index is 1.20. The van der Waals surface area contributed by atoms with Gasteiger partial charge in [0, 0.05) is 31.2 Å². The van der Waals surface area contributed by atoms with Crippen LogP contribution in [0.4, 0.5) is 0 Å². The molecule has 10 heteroatoms. The van der Waals surface area contributed by atoms with Gasteiger partial charge in [-0.3, -0.25) is 14.3 Å². The van der Waals surface area contributed by atoms with Crippen molar-refractivity contribution in [2.75, 3.05) is 0 Å². The number of nitrogens with one attached hydrogen (secondary N) is 1. The van der Waals surface area contributed by atoms with Gasteiger partial charge in [0.1, 0.15) is 5.82 Å². The molecule has 1 N–H and O–H groups in total. The molecule has 0 aliphatic heterocycles. The Morgan fingerprint density at radius 3 is 2.56 bits per heavy atom.